The molecule has 1 N–H and O–H groups in total. The van der Waals surface area contributed by atoms with Crippen molar-refractivity contribution in [3.63, 3.8) is 0 Å². The molecule has 0 aliphatic carbocycles. The third-order valence-electron chi connectivity index (χ3n) is 5.46. The van der Waals surface area contributed by atoms with Crippen LogP contribution >= 0.6 is 0 Å². The van der Waals surface area contributed by atoms with Gasteiger partial charge < -0.3 is 14.8 Å². The van der Waals surface area contributed by atoms with Gasteiger partial charge in [0, 0.05) is 12.1 Å². The maximum atomic E-state index is 11.7. The molecule has 0 saturated heterocycles. The average Bonchev–Trinajstić information content (AvgIpc) is 2.77. The topological polar surface area (TPSA) is 64.6 Å². The number of unbranched alkanes of at least 4 members (excludes halogenated alkanes) is 15. The fraction of sp³-hybridized carbons (Fsp3) is 0.778. The van der Waals surface area contributed by atoms with E-state index in [-0.39, 0.29) is 12.1 Å². The Balaban J connectivity index is 3.21. The second kappa shape index (κ2) is 23.9. The molecule has 0 aromatic rings. The zero-order valence-corrected chi connectivity index (χ0v) is 20.8. The van der Waals surface area contributed by atoms with Gasteiger partial charge in [-0.2, -0.15) is 0 Å². The number of ether oxygens (including phenoxy) is 2. The van der Waals surface area contributed by atoms with E-state index in [2.05, 4.69) is 18.5 Å². The third kappa shape index (κ3) is 22.9. The Morgan fingerprint density at radius 1 is 0.688 bits per heavy atom. The summed E-state index contributed by atoms with van der Waals surface area (Å²) < 4.78 is 10.3. The minimum Gasteiger partial charge on any atom is -0.462 e. The van der Waals surface area contributed by atoms with Crippen molar-refractivity contribution in [1.82, 2.24) is 5.32 Å². The van der Waals surface area contributed by atoms with Crippen LogP contribution in [0.4, 0.5) is 4.79 Å². The van der Waals surface area contributed by atoms with Crippen molar-refractivity contribution in [2.75, 3.05) is 19.8 Å². The Bertz CT molecular complexity index is 490. The van der Waals surface area contributed by atoms with Crippen LogP contribution in [0.5, 0.6) is 0 Å². The molecule has 0 aromatic heterocycles. The van der Waals surface area contributed by atoms with Crippen LogP contribution in [0.2, 0.25) is 0 Å². The van der Waals surface area contributed by atoms with Gasteiger partial charge in [-0.25, -0.2) is 9.59 Å². The lowest BCUT2D eigenvalue weighted by atomic mass is 10.1. The van der Waals surface area contributed by atoms with Gasteiger partial charge in [-0.3, -0.25) is 0 Å². The highest BCUT2D eigenvalue weighted by atomic mass is 16.5. The number of amides is 1. The number of carbonyl (C=O) groups is 2. The summed E-state index contributed by atoms with van der Waals surface area (Å²) in [6.07, 6.45) is 21.6. The summed E-state index contributed by atoms with van der Waals surface area (Å²) in [4.78, 5) is 22.9. The summed E-state index contributed by atoms with van der Waals surface area (Å²) in [5.41, 5.74) is 0.462. The number of carbonyl (C=O) groups excluding carboxylic acids is 2. The molecule has 0 aliphatic rings. The van der Waals surface area contributed by atoms with Gasteiger partial charge in [-0.05, 0) is 39.0 Å². The first-order valence-corrected chi connectivity index (χ1v) is 12.9. The van der Waals surface area contributed by atoms with Gasteiger partial charge in [-0.1, -0.05) is 89.7 Å². The minimum atomic E-state index is -0.288. The van der Waals surface area contributed by atoms with Gasteiger partial charge in [0.2, 0.25) is 0 Å². The van der Waals surface area contributed by atoms with Gasteiger partial charge >= 0.3 is 12.1 Å². The Labute approximate surface area is 197 Å². The van der Waals surface area contributed by atoms with E-state index in [1.165, 1.54) is 64.2 Å². The molecule has 186 valence electrons. The SMILES string of the molecule is C=CCCCCCCCCCOC(=O)NCCCCCCCCCCCOC(=O)C(=C)C. The number of hydrogen-bond acceptors (Lipinski definition) is 4. The predicted octanol–water partition coefficient (Wildman–Crippen LogP) is 7.65. The van der Waals surface area contributed by atoms with Gasteiger partial charge in [-0.15, -0.1) is 6.58 Å². The van der Waals surface area contributed by atoms with Crippen molar-refractivity contribution in [3.8, 4) is 0 Å². The highest BCUT2D eigenvalue weighted by Crippen LogP contribution is 2.10. The lowest BCUT2D eigenvalue weighted by molar-refractivity contribution is -0.139. The molecule has 0 radical (unpaired) electrons. The van der Waals surface area contributed by atoms with Gasteiger partial charge in [0.25, 0.3) is 0 Å². The van der Waals surface area contributed by atoms with Crippen LogP contribution in [0.1, 0.15) is 116 Å². The van der Waals surface area contributed by atoms with Gasteiger partial charge in [0.05, 0.1) is 13.2 Å². The molecule has 5 heteroatoms. The van der Waals surface area contributed by atoms with Crippen LogP contribution in [-0.4, -0.2) is 31.8 Å². The quantitative estimate of drug-likeness (QED) is 0.0750. The maximum Gasteiger partial charge on any atom is 0.407 e. The Hall–Kier alpha value is -1.78. The average molecular weight is 452 g/mol. The molecule has 0 unspecified atom stereocenters. The van der Waals surface area contributed by atoms with E-state index in [1.54, 1.807) is 6.92 Å². The summed E-state index contributed by atoms with van der Waals surface area (Å²) >= 11 is 0. The van der Waals surface area contributed by atoms with Crippen molar-refractivity contribution >= 4 is 12.1 Å². The summed E-state index contributed by atoms with van der Waals surface area (Å²) in [5, 5.41) is 2.85. The lowest BCUT2D eigenvalue weighted by Gasteiger charge is -2.07. The number of nitrogens with one attached hydrogen (secondary N) is 1. The summed E-state index contributed by atoms with van der Waals surface area (Å²) in [5.74, 6) is -0.288. The molecule has 0 rings (SSSR count). The van der Waals surface area contributed by atoms with Crippen molar-refractivity contribution < 1.29 is 19.1 Å². The van der Waals surface area contributed by atoms with E-state index in [4.69, 9.17) is 9.47 Å². The maximum absolute atomic E-state index is 11.7. The number of hydrogen-bond donors (Lipinski definition) is 1. The second-order valence-corrected chi connectivity index (χ2v) is 8.71. The summed E-state index contributed by atoms with van der Waals surface area (Å²) in [7, 11) is 0. The number of esters is 1. The molecule has 0 saturated carbocycles. The first-order chi connectivity index (χ1) is 15.6. The smallest absolute Gasteiger partial charge is 0.407 e. The molecule has 0 spiro atoms. The molecule has 0 aliphatic heterocycles. The summed E-state index contributed by atoms with van der Waals surface area (Å²) in [6.45, 7) is 10.7. The molecule has 0 aromatic carbocycles. The molecule has 0 fully saturated rings. The molecular weight excluding hydrogens is 402 g/mol. The minimum absolute atomic E-state index is 0.275. The standard InChI is InChI=1S/C27H49NO4/c1-4-5-6-7-8-11-15-18-21-24-32-27(30)28-22-19-16-13-10-9-12-14-17-20-23-31-26(29)25(2)3/h4H,1-2,5-24H2,3H3,(H,28,30). The zero-order valence-electron chi connectivity index (χ0n) is 20.8. The van der Waals surface area contributed by atoms with Gasteiger partial charge in [0.1, 0.15) is 0 Å². The van der Waals surface area contributed by atoms with E-state index in [0.717, 1.165) is 44.9 Å². The largest absolute Gasteiger partial charge is 0.462 e. The van der Waals surface area contributed by atoms with Gasteiger partial charge in [0.15, 0.2) is 0 Å². The monoisotopic (exact) mass is 451 g/mol. The first-order valence-electron chi connectivity index (χ1n) is 12.9. The number of allylic oxidation sites excluding steroid dienone is 1. The predicted molar refractivity (Wildman–Crippen MR) is 134 cm³/mol. The van der Waals surface area contributed by atoms with Crippen molar-refractivity contribution in [2.45, 2.75) is 116 Å². The van der Waals surface area contributed by atoms with Crippen LogP contribution in [-0.2, 0) is 14.3 Å². The van der Waals surface area contributed by atoms with Crippen LogP contribution in [0, 0.1) is 0 Å². The second-order valence-electron chi connectivity index (χ2n) is 8.71. The number of alkyl carbamates (subject to hydrolysis) is 1. The molecule has 5 nitrogen and oxygen atoms in total. The van der Waals surface area contributed by atoms with E-state index in [0.29, 0.717) is 25.3 Å². The van der Waals surface area contributed by atoms with Crippen molar-refractivity contribution in [1.29, 1.82) is 0 Å². The molecule has 32 heavy (non-hydrogen) atoms. The third-order valence-corrected chi connectivity index (χ3v) is 5.46. The fourth-order valence-electron chi connectivity index (χ4n) is 3.43. The summed E-state index contributed by atoms with van der Waals surface area (Å²) in [6, 6.07) is 0. The molecule has 0 atom stereocenters. The van der Waals surface area contributed by atoms with Crippen molar-refractivity contribution in [2.24, 2.45) is 0 Å². The van der Waals surface area contributed by atoms with Crippen LogP contribution < -0.4 is 5.32 Å². The normalized spacial score (nSPS) is 10.5. The molecule has 0 heterocycles. The van der Waals surface area contributed by atoms with E-state index < -0.39 is 0 Å². The highest BCUT2D eigenvalue weighted by Gasteiger charge is 2.02. The van der Waals surface area contributed by atoms with E-state index in [9.17, 15) is 9.59 Å². The Kier molecular flexibility index (Phi) is 22.5. The zero-order chi connectivity index (χ0) is 23.7. The molecule has 1 amide bonds. The van der Waals surface area contributed by atoms with Crippen LogP contribution in [0.3, 0.4) is 0 Å². The van der Waals surface area contributed by atoms with E-state index >= 15 is 0 Å². The fourth-order valence-corrected chi connectivity index (χ4v) is 3.43. The van der Waals surface area contributed by atoms with Crippen LogP contribution in [0.15, 0.2) is 24.8 Å². The Morgan fingerprint density at radius 2 is 1.12 bits per heavy atom. The highest BCUT2D eigenvalue weighted by molar-refractivity contribution is 5.86. The Morgan fingerprint density at radius 3 is 1.62 bits per heavy atom. The molecular formula is C27H49NO4. The van der Waals surface area contributed by atoms with Crippen molar-refractivity contribution in [3.05, 3.63) is 24.8 Å². The van der Waals surface area contributed by atoms with Crippen LogP contribution in [0.25, 0.3) is 0 Å². The molecule has 0 bridgehead atoms. The first kappa shape index (κ1) is 30.2. The number of rotatable bonds is 23. The lowest BCUT2D eigenvalue weighted by Crippen LogP contribution is -2.25. The van der Waals surface area contributed by atoms with E-state index in [1.807, 2.05) is 6.08 Å².